The van der Waals surface area contributed by atoms with Gasteiger partial charge in [-0.25, -0.2) is 4.39 Å². The van der Waals surface area contributed by atoms with Crippen LogP contribution in [-0.4, -0.2) is 45.4 Å². The molecule has 0 aliphatic heterocycles. The lowest BCUT2D eigenvalue weighted by Gasteiger charge is -2.19. The van der Waals surface area contributed by atoms with Crippen LogP contribution in [0.25, 0.3) is 0 Å². The SMILES string of the molecule is CCCc1cccc(Cc2c(OC)ccc(CN(C)C)c2OC)c1.Cc1cccc(F)c1C(N)=O.O=CC1CCC1. The quantitative estimate of drug-likeness (QED) is 0.283. The molecule has 1 amide bonds. The van der Waals surface area contributed by atoms with Gasteiger partial charge in [-0.05, 0) is 69.1 Å². The van der Waals surface area contributed by atoms with Gasteiger partial charge in [0.2, 0.25) is 0 Å². The van der Waals surface area contributed by atoms with Crippen molar-refractivity contribution in [1.82, 2.24) is 4.90 Å². The lowest BCUT2D eigenvalue weighted by molar-refractivity contribution is -0.113. The summed E-state index contributed by atoms with van der Waals surface area (Å²) in [5.41, 5.74) is 10.5. The number of nitrogens with two attached hydrogens (primary N) is 1. The molecule has 0 radical (unpaired) electrons. The van der Waals surface area contributed by atoms with Crippen molar-refractivity contribution < 1.29 is 23.5 Å². The van der Waals surface area contributed by atoms with E-state index in [4.69, 9.17) is 15.2 Å². The number of benzene rings is 3. The second-order valence-corrected chi connectivity index (χ2v) is 10.5. The topological polar surface area (TPSA) is 81.9 Å². The summed E-state index contributed by atoms with van der Waals surface area (Å²) in [7, 11) is 7.59. The molecule has 3 aromatic rings. The first kappa shape index (κ1) is 33.5. The van der Waals surface area contributed by atoms with E-state index in [-0.39, 0.29) is 5.56 Å². The molecule has 1 aliphatic carbocycles. The number of aldehydes is 1. The smallest absolute Gasteiger partial charge is 0.251 e. The van der Waals surface area contributed by atoms with Crippen LogP contribution in [-0.2, 0) is 24.2 Å². The van der Waals surface area contributed by atoms with Crippen molar-refractivity contribution in [2.45, 2.75) is 58.9 Å². The number of carbonyl (C=O) groups excluding carboxylic acids is 2. The van der Waals surface area contributed by atoms with Gasteiger partial charge in [0.15, 0.2) is 0 Å². The van der Waals surface area contributed by atoms with Gasteiger partial charge in [-0.15, -0.1) is 0 Å². The zero-order chi connectivity index (χ0) is 30.4. The maximum Gasteiger partial charge on any atom is 0.251 e. The van der Waals surface area contributed by atoms with Gasteiger partial charge in [-0.1, -0.05) is 62.2 Å². The van der Waals surface area contributed by atoms with Crippen LogP contribution >= 0.6 is 0 Å². The Kier molecular flexibility index (Phi) is 14.0. The highest BCUT2D eigenvalue weighted by Crippen LogP contribution is 2.35. The Morgan fingerprint density at radius 1 is 1.05 bits per heavy atom. The van der Waals surface area contributed by atoms with Gasteiger partial charge in [-0.3, -0.25) is 4.79 Å². The molecule has 0 heterocycles. The van der Waals surface area contributed by atoms with E-state index in [1.807, 2.05) is 6.07 Å². The van der Waals surface area contributed by atoms with E-state index in [2.05, 4.69) is 56.3 Å². The molecular weight excluding hydrogens is 519 g/mol. The van der Waals surface area contributed by atoms with Crippen molar-refractivity contribution in [1.29, 1.82) is 0 Å². The second kappa shape index (κ2) is 17.2. The van der Waals surface area contributed by atoms with Gasteiger partial charge in [0.05, 0.1) is 19.8 Å². The summed E-state index contributed by atoms with van der Waals surface area (Å²) < 4.78 is 24.2. The van der Waals surface area contributed by atoms with Crippen LogP contribution < -0.4 is 15.2 Å². The van der Waals surface area contributed by atoms with Crippen molar-refractivity contribution in [3.8, 4) is 11.5 Å². The molecule has 6 nitrogen and oxygen atoms in total. The van der Waals surface area contributed by atoms with E-state index in [1.165, 1.54) is 35.2 Å². The van der Waals surface area contributed by atoms with Crippen LogP contribution in [0.4, 0.5) is 4.39 Å². The Hall–Kier alpha value is -3.71. The lowest BCUT2D eigenvalue weighted by Crippen LogP contribution is -2.14. The lowest BCUT2D eigenvalue weighted by atomic mass is 9.87. The van der Waals surface area contributed by atoms with Crippen LogP contribution in [0, 0.1) is 18.7 Å². The maximum atomic E-state index is 12.8. The Balaban J connectivity index is 0.000000281. The molecule has 0 aromatic heterocycles. The fraction of sp³-hybridized carbons (Fsp3) is 0.412. The van der Waals surface area contributed by atoms with Crippen molar-refractivity contribution in [2.75, 3.05) is 28.3 Å². The van der Waals surface area contributed by atoms with E-state index in [9.17, 15) is 14.0 Å². The normalized spacial score (nSPS) is 12.3. The molecule has 1 saturated carbocycles. The Morgan fingerprint density at radius 2 is 1.73 bits per heavy atom. The largest absolute Gasteiger partial charge is 0.496 e. The Labute approximate surface area is 244 Å². The molecule has 7 heteroatoms. The van der Waals surface area contributed by atoms with Crippen LogP contribution in [0.2, 0.25) is 0 Å². The zero-order valence-corrected chi connectivity index (χ0v) is 25.3. The highest BCUT2D eigenvalue weighted by molar-refractivity contribution is 5.94. The minimum absolute atomic E-state index is 0.0208. The van der Waals surface area contributed by atoms with E-state index in [1.54, 1.807) is 27.2 Å². The third-order valence-corrected chi connectivity index (χ3v) is 6.93. The van der Waals surface area contributed by atoms with E-state index < -0.39 is 11.7 Å². The van der Waals surface area contributed by atoms with Gasteiger partial charge in [0.1, 0.15) is 23.6 Å². The number of nitrogens with zero attached hydrogens (tertiary/aromatic N) is 1. The molecule has 0 saturated heterocycles. The zero-order valence-electron chi connectivity index (χ0n) is 25.3. The molecule has 1 aliphatic rings. The first-order valence-corrected chi connectivity index (χ1v) is 14.1. The molecule has 0 atom stereocenters. The number of hydrogen-bond donors (Lipinski definition) is 1. The number of primary amides is 1. The number of aryl methyl sites for hydroxylation is 2. The predicted octanol–water partition coefficient (Wildman–Crippen LogP) is 6.53. The number of methoxy groups -OCH3 is 2. The molecule has 0 spiro atoms. The minimum Gasteiger partial charge on any atom is -0.496 e. The molecule has 222 valence electrons. The number of hydrogen-bond acceptors (Lipinski definition) is 5. The van der Waals surface area contributed by atoms with E-state index in [0.717, 1.165) is 62.0 Å². The third kappa shape index (κ3) is 10.3. The van der Waals surface area contributed by atoms with Crippen molar-refractivity contribution in [3.05, 3.63) is 93.8 Å². The fourth-order valence-electron chi connectivity index (χ4n) is 4.64. The van der Waals surface area contributed by atoms with Crippen LogP contribution in [0.1, 0.15) is 70.8 Å². The van der Waals surface area contributed by atoms with Crippen molar-refractivity contribution in [3.63, 3.8) is 0 Å². The summed E-state index contributed by atoms with van der Waals surface area (Å²) in [6.07, 6.45) is 7.70. The molecule has 41 heavy (non-hydrogen) atoms. The predicted molar refractivity (Wildman–Crippen MR) is 163 cm³/mol. The maximum absolute atomic E-state index is 12.8. The highest BCUT2D eigenvalue weighted by atomic mass is 19.1. The number of halogens is 1. The Bertz CT molecular complexity index is 1250. The van der Waals surface area contributed by atoms with E-state index >= 15 is 0 Å². The summed E-state index contributed by atoms with van der Waals surface area (Å²) in [5, 5.41) is 0. The van der Waals surface area contributed by atoms with Gasteiger partial charge < -0.3 is 24.9 Å². The standard InChI is InChI=1S/C21H29NO2.C8H8FNO.C5H8O/c1-6-8-16-9-7-10-17(13-16)14-19-20(23-4)12-11-18(15-22(2)3)21(19)24-5;1-5-3-2-4-6(9)7(5)8(10)11;6-4-5-2-1-3-5/h7,9-13H,6,8,14-15H2,1-5H3;2-4H,1H3,(H2,10,11);4-5H,1-3H2. The monoisotopic (exact) mass is 564 g/mol. The van der Waals surface area contributed by atoms with Crippen molar-refractivity contribution >= 4 is 12.2 Å². The summed E-state index contributed by atoms with van der Waals surface area (Å²) >= 11 is 0. The molecular formula is C34H45FN2O4. The number of amides is 1. The van der Waals surface area contributed by atoms with Gasteiger partial charge >= 0.3 is 0 Å². The third-order valence-electron chi connectivity index (χ3n) is 6.93. The number of carbonyl (C=O) groups is 2. The molecule has 3 aromatic carbocycles. The van der Waals surface area contributed by atoms with E-state index in [0.29, 0.717) is 11.5 Å². The molecule has 4 rings (SSSR count). The van der Waals surface area contributed by atoms with Gasteiger partial charge in [0, 0.05) is 30.0 Å². The minimum atomic E-state index is -0.722. The summed E-state index contributed by atoms with van der Waals surface area (Å²) in [4.78, 5) is 22.6. The molecule has 0 unspecified atom stereocenters. The molecule has 0 bridgehead atoms. The second-order valence-electron chi connectivity index (χ2n) is 10.5. The average molecular weight is 565 g/mol. The average Bonchev–Trinajstić information content (AvgIpc) is 2.89. The molecule has 1 fully saturated rings. The highest BCUT2D eigenvalue weighted by Gasteiger charge is 2.16. The van der Waals surface area contributed by atoms with Crippen molar-refractivity contribution in [2.24, 2.45) is 11.7 Å². The molecule has 2 N–H and O–H groups in total. The van der Waals surface area contributed by atoms with Gasteiger partial charge in [0.25, 0.3) is 5.91 Å². The summed E-state index contributed by atoms with van der Waals surface area (Å²) in [6, 6.07) is 17.3. The Morgan fingerprint density at radius 3 is 2.20 bits per heavy atom. The van der Waals surface area contributed by atoms with Crippen LogP contribution in [0.5, 0.6) is 11.5 Å². The van der Waals surface area contributed by atoms with Gasteiger partial charge in [-0.2, -0.15) is 0 Å². The summed E-state index contributed by atoms with van der Waals surface area (Å²) in [5.74, 6) is 0.974. The first-order chi connectivity index (χ1) is 19.6. The van der Waals surface area contributed by atoms with Crippen LogP contribution in [0.15, 0.2) is 54.6 Å². The summed E-state index contributed by atoms with van der Waals surface area (Å²) in [6.45, 7) is 4.70. The van der Waals surface area contributed by atoms with Crippen LogP contribution in [0.3, 0.4) is 0 Å². The number of rotatable bonds is 10. The first-order valence-electron chi connectivity index (χ1n) is 14.1. The number of ether oxygens (including phenoxy) is 2. The fourth-order valence-corrected chi connectivity index (χ4v) is 4.64.